The molecule has 1 unspecified atom stereocenters. The molecule has 3 rings (SSSR count). The number of fused-ring (bicyclic) bond motifs is 3. The van der Waals surface area contributed by atoms with E-state index in [9.17, 15) is 9.90 Å². The third-order valence-electron chi connectivity index (χ3n) is 3.55. The van der Waals surface area contributed by atoms with Crippen LogP contribution in [-0.2, 0) is 13.0 Å². The van der Waals surface area contributed by atoms with Crippen molar-refractivity contribution in [3.05, 3.63) is 22.5 Å². The third kappa shape index (κ3) is 1.33. The fourth-order valence-electron chi connectivity index (χ4n) is 2.90. The summed E-state index contributed by atoms with van der Waals surface area (Å²) < 4.78 is 0. The number of carbonyl (C=O) groups excluding carboxylic acids is 1. The Morgan fingerprint density at radius 3 is 3.00 bits per heavy atom. The molecule has 0 amide bonds. The molecular weight excluding hydrogens is 204 g/mol. The molecule has 1 aliphatic carbocycles. The van der Waals surface area contributed by atoms with Gasteiger partial charge in [0.2, 0.25) is 0 Å². The van der Waals surface area contributed by atoms with Crippen LogP contribution < -0.4 is 0 Å². The maximum atomic E-state index is 11.9. The van der Waals surface area contributed by atoms with Crippen molar-refractivity contribution in [3.8, 4) is 0 Å². The highest BCUT2D eigenvalue weighted by atomic mass is 16.3. The summed E-state index contributed by atoms with van der Waals surface area (Å²) in [7, 11) is 1.98. The number of aromatic amines is 1. The van der Waals surface area contributed by atoms with Gasteiger partial charge in [-0.05, 0) is 19.9 Å². The number of aryl methyl sites for hydroxylation is 1. The Hall–Kier alpha value is -1.13. The summed E-state index contributed by atoms with van der Waals surface area (Å²) in [4.78, 5) is 17.3. The Labute approximate surface area is 94.3 Å². The van der Waals surface area contributed by atoms with E-state index in [1.807, 2.05) is 7.05 Å². The van der Waals surface area contributed by atoms with Crippen LogP contribution in [0.4, 0.5) is 0 Å². The number of hydrogen-bond donors (Lipinski definition) is 2. The molecule has 4 nitrogen and oxygen atoms in total. The zero-order valence-electron chi connectivity index (χ0n) is 9.42. The molecule has 0 spiro atoms. The average molecular weight is 220 g/mol. The Kier molecular flexibility index (Phi) is 2.16. The zero-order chi connectivity index (χ0) is 11.3. The van der Waals surface area contributed by atoms with Crippen LogP contribution in [0.15, 0.2) is 0 Å². The summed E-state index contributed by atoms with van der Waals surface area (Å²) in [5.74, 6) is 0.197. The number of carbonyl (C=O) groups is 1. The van der Waals surface area contributed by atoms with E-state index in [2.05, 4.69) is 9.88 Å². The van der Waals surface area contributed by atoms with Gasteiger partial charge in [-0.15, -0.1) is 0 Å². The first kappa shape index (κ1) is 10.1. The molecule has 0 aromatic carbocycles. The third-order valence-corrected chi connectivity index (χ3v) is 3.55. The van der Waals surface area contributed by atoms with Gasteiger partial charge in [0, 0.05) is 42.0 Å². The molecular formula is C12H16N2O2. The molecule has 0 bridgehead atoms. The Bertz CT molecular complexity index is 450. The maximum absolute atomic E-state index is 11.9. The van der Waals surface area contributed by atoms with Gasteiger partial charge in [0.05, 0.1) is 6.10 Å². The number of hydrogen-bond acceptors (Lipinski definition) is 3. The first-order chi connectivity index (χ1) is 7.66. The van der Waals surface area contributed by atoms with Gasteiger partial charge in [-0.1, -0.05) is 0 Å². The molecule has 1 aliphatic heterocycles. The number of rotatable bonds is 0. The van der Waals surface area contributed by atoms with E-state index in [0.717, 1.165) is 41.9 Å². The van der Waals surface area contributed by atoms with Crippen LogP contribution in [0.5, 0.6) is 0 Å². The van der Waals surface area contributed by atoms with E-state index in [1.165, 1.54) is 0 Å². The van der Waals surface area contributed by atoms with Crippen LogP contribution >= 0.6 is 0 Å². The lowest BCUT2D eigenvalue weighted by molar-refractivity contribution is 0.0932. The van der Waals surface area contributed by atoms with E-state index in [1.54, 1.807) is 0 Å². The number of H-pyrrole nitrogens is 1. The Balaban J connectivity index is 2.15. The zero-order valence-corrected chi connectivity index (χ0v) is 9.42. The largest absolute Gasteiger partial charge is 0.387 e. The van der Waals surface area contributed by atoms with Gasteiger partial charge < -0.3 is 10.1 Å². The van der Waals surface area contributed by atoms with Crippen molar-refractivity contribution >= 4 is 5.78 Å². The van der Waals surface area contributed by atoms with E-state index < -0.39 is 6.10 Å². The lowest BCUT2D eigenvalue weighted by Gasteiger charge is -2.27. The summed E-state index contributed by atoms with van der Waals surface area (Å²) in [6.07, 6.45) is 1.97. The van der Waals surface area contributed by atoms with Crippen LogP contribution in [0.1, 0.15) is 46.3 Å². The molecule has 2 aliphatic rings. The van der Waals surface area contributed by atoms with Crippen molar-refractivity contribution in [1.82, 2.24) is 9.88 Å². The van der Waals surface area contributed by atoms with Gasteiger partial charge >= 0.3 is 0 Å². The number of Topliss-reactive ketones (excluding diaryl/α,β-unsaturated/α-hetero) is 1. The summed E-state index contributed by atoms with van der Waals surface area (Å²) in [5, 5.41) is 10.1. The summed E-state index contributed by atoms with van der Waals surface area (Å²) in [5.41, 5.74) is 3.73. The number of nitrogens with zero attached hydrogens (tertiary/aromatic N) is 1. The molecule has 0 radical (unpaired) electrons. The molecule has 1 aromatic heterocycles. The number of aliphatic hydroxyl groups is 1. The number of nitrogens with one attached hydrogen (secondary N) is 1. The van der Waals surface area contributed by atoms with Gasteiger partial charge in [-0.2, -0.15) is 0 Å². The molecule has 2 N–H and O–H groups in total. The minimum absolute atomic E-state index is 0.197. The Morgan fingerprint density at radius 1 is 1.38 bits per heavy atom. The number of ketones is 1. The van der Waals surface area contributed by atoms with Gasteiger partial charge in [-0.3, -0.25) is 9.69 Å². The predicted molar refractivity (Wildman–Crippen MR) is 59.4 cm³/mol. The summed E-state index contributed by atoms with van der Waals surface area (Å²) in [6.45, 7) is 1.41. The van der Waals surface area contributed by atoms with Gasteiger partial charge in [0.15, 0.2) is 5.78 Å². The first-order valence-corrected chi connectivity index (χ1v) is 5.80. The number of aromatic nitrogens is 1. The normalized spacial score (nSPS) is 25.4. The van der Waals surface area contributed by atoms with Gasteiger partial charge in [-0.25, -0.2) is 0 Å². The van der Waals surface area contributed by atoms with E-state index >= 15 is 0 Å². The summed E-state index contributed by atoms with van der Waals surface area (Å²) in [6, 6.07) is 0. The second kappa shape index (κ2) is 3.43. The van der Waals surface area contributed by atoms with E-state index in [0.29, 0.717) is 13.0 Å². The van der Waals surface area contributed by atoms with Crippen molar-refractivity contribution in [2.24, 2.45) is 0 Å². The van der Waals surface area contributed by atoms with Crippen molar-refractivity contribution < 1.29 is 9.90 Å². The lowest BCUT2D eigenvalue weighted by atomic mass is 9.90. The number of β-amino-alcohol motifs (C(OH)–C–C–N with tert-alkyl or cyclic N) is 1. The average Bonchev–Trinajstić information content (AvgIpc) is 2.56. The summed E-state index contributed by atoms with van der Waals surface area (Å²) >= 11 is 0. The highest BCUT2D eigenvalue weighted by molar-refractivity contribution is 6.00. The predicted octanol–water partition coefficient (Wildman–Crippen LogP) is 1.01. The molecule has 0 fully saturated rings. The molecule has 86 valence electrons. The Morgan fingerprint density at radius 2 is 2.19 bits per heavy atom. The molecule has 16 heavy (non-hydrogen) atoms. The molecule has 1 atom stereocenters. The molecule has 0 saturated carbocycles. The number of likely N-dealkylation sites (N-methyl/N-ethyl adjacent to an activating group) is 1. The van der Waals surface area contributed by atoms with Crippen molar-refractivity contribution in [1.29, 1.82) is 0 Å². The standard InChI is InChI=1S/C12H16N2O2/c1-14-5-8-12(10(16)6-14)11-7(13-8)3-2-4-9(11)15/h10,13,16H,2-6H2,1H3. The topological polar surface area (TPSA) is 56.3 Å². The van der Waals surface area contributed by atoms with Crippen LogP contribution in [0, 0.1) is 0 Å². The second-order valence-corrected chi connectivity index (χ2v) is 4.86. The second-order valence-electron chi connectivity index (χ2n) is 4.86. The van der Waals surface area contributed by atoms with E-state index in [-0.39, 0.29) is 5.78 Å². The van der Waals surface area contributed by atoms with Crippen LogP contribution in [0.2, 0.25) is 0 Å². The molecule has 0 saturated heterocycles. The van der Waals surface area contributed by atoms with Crippen molar-refractivity contribution in [2.45, 2.75) is 31.9 Å². The van der Waals surface area contributed by atoms with Crippen LogP contribution in [-0.4, -0.2) is 34.4 Å². The first-order valence-electron chi connectivity index (χ1n) is 5.80. The molecule has 2 heterocycles. The van der Waals surface area contributed by atoms with Crippen molar-refractivity contribution in [2.75, 3.05) is 13.6 Å². The highest BCUT2D eigenvalue weighted by Gasteiger charge is 2.32. The van der Waals surface area contributed by atoms with Gasteiger partial charge in [0.25, 0.3) is 0 Å². The van der Waals surface area contributed by atoms with Crippen LogP contribution in [0.3, 0.4) is 0 Å². The maximum Gasteiger partial charge on any atom is 0.165 e. The quantitative estimate of drug-likeness (QED) is 0.686. The smallest absolute Gasteiger partial charge is 0.165 e. The fourth-order valence-corrected chi connectivity index (χ4v) is 2.90. The SMILES string of the molecule is CN1Cc2[nH]c3c(c2C(O)C1)C(=O)CCC3. The monoisotopic (exact) mass is 220 g/mol. The van der Waals surface area contributed by atoms with Crippen molar-refractivity contribution in [3.63, 3.8) is 0 Å². The minimum atomic E-state index is -0.518. The number of aliphatic hydroxyl groups excluding tert-OH is 1. The highest BCUT2D eigenvalue weighted by Crippen LogP contribution is 2.34. The van der Waals surface area contributed by atoms with Crippen LogP contribution in [0.25, 0.3) is 0 Å². The van der Waals surface area contributed by atoms with E-state index in [4.69, 9.17) is 0 Å². The fraction of sp³-hybridized carbons (Fsp3) is 0.583. The lowest BCUT2D eigenvalue weighted by Crippen LogP contribution is -2.30. The minimum Gasteiger partial charge on any atom is -0.387 e. The molecule has 1 aromatic rings. The molecule has 4 heteroatoms. The van der Waals surface area contributed by atoms with Gasteiger partial charge in [0.1, 0.15) is 0 Å².